The van der Waals surface area contributed by atoms with E-state index in [4.69, 9.17) is 0 Å². The van der Waals surface area contributed by atoms with Crippen LogP contribution in [0.25, 0.3) is 16.5 Å². The Hall–Kier alpha value is -0.900. The highest BCUT2D eigenvalue weighted by atomic mass is 79.9. The van der Waals surface area contributed by atoms with Gasteiger partial charge in [0.25, 0.3) is 0 Å². The molecule has 1 heterocycles. The summed E-state index contributed by atoms with van der Waals surface area (Å²) in [7, 11) is 0. The molecule has 0 bridgehead atoms. The van der Waals surface area contributed by atoms with Gasteiger partial charge in [-0.05, 0) is 44.2 Å². The molecule has 0 radical (unpaired) electrons. The van der Waals surface area contributed by atoms with E-state index < -0.39 is 0 Å². The second kappa shape index (κ2) is 7.77. The van der Waals surface area contributed by atoms with Crippen LogP contribution in [0.1, 0.15) is 25.1 Å². The molecule has 0 aliphatic rings. The zero-order valence-electron chi connectivity index (χ0n) is 11.9. The van der Waals surface area contributed by atoms with Crippen molar-refractivity contribution in [3.8, 4) is 10.4 Å². The van der Waals surface area contributed by atoms with Crippen molar-refractivity contribution < 1.29 is 0 Å². The topological polar surface area (TPSA) is 12.0 Å². The van der Waals surface area contributed by atoms with Crippen LogP contribution in [0.3, 0.4) is 0 Å². The van der Waals surface area contributed by atoms with Gasteiger partial charge in [0.15, 0.2) is 0 Å². The molecule has 0 saturated heterocycles. The summed E-state index contributed by atoms with van der Waals surface area (Å²) >= 11 is 5.45. The van der Waals surface area contributed by atoms with E-state index in [9.17, 15) is 0 Å². The average molecular weight is 350 g/mol. The van der Waals surface area contributed by atoms with Crippen LogP contribution in [0.5, 0.6) is 0 Å². The molecular formula is C17H20BrNS. The van der Waals surface area contributed by atoms with E-state index in [2.05, 4.69) is 71.5 Å². The van der Waals surface area contributed by atoms with Gasteiger partial charge in [0, 0.05) is 26.3 Å². The molecule has 0 saturated carbocycles. The molecule has 0 amide bonds. The van der Waals surface area contributed by atoms with Crippen molar-refractivity contribution in [1.82, 2.24) is 5.32 Å². The first-order valence-electron chi connectivity index (χ1n) is 6.93. The predicted molar refractivity (Wildman–Crippen MR) is 94.3 cm³/mol. The Morgan fingerprint density at radius 1 is 1.25 bits per heavy atom. The van der Waals surface area contributed by atoms with E-state index in [-0.39, 0.29) is 0 Å². The highest BCUT2D eigenvalue weighted by Gasteiger charge is 2.05. The lowest BCUT2D eigenvalue weighted by Crippen LogP contribution is -2.16. The normalized spacial score (nSPS) is 11.8. The summed E-state index contributed by atoms with van der Waals surface area (Å²) in [6.07, 6.45) is 3.45. The summed E-state index contributed by atoms with van der Waals surface area (Å²) in [6, 6.07) is 12.8. The summed E-state index contributed by atoms with van der Waals surface area (Å²) in [4.78, 5) is 2.62. The van der Waals surface area contributed by atoms with Crippen molar-refractivity contribution in [1.29, 1.82) is 0 Å². The molecule has 2 rings (SSSR count). The standard InChI is InChI=1S/C17H20BrNS/c1-3-10-19-12-13(2)11-14-8-9-17(20-14)15-6-4-5-7-16(15)18/h4-9,11,19H,3,10,12H2,1-2H3. The molecule has 0 unspecified atom stereocenters. The van der Waals surface area contributed by atoms with Crippen molar-refractivity contribution >= 4 is 33.3 Å². The maximum atomic E-state index is 3.62. The van der Waals surface area contributed by atoms with Crippen LogP contribution in [0, 0.1) is 0 Å². The van der Waals surface area contributed by atoms with E-state index >= 15 is 0 Å². The molecule has 20 heavy (non-hydrogen) atoms. The fourth-order valence-electron chi connectivity index (χ4n) is 1.99. The van der Waals surface area contributed by atoms with Gasteiger partial charge in [-0.2, -0.15) is 0 Å². The molecule has 1 nitrogen and oxygen atoms in total. The fourth-order valence-corrected chi connectivity index (χ4v) is 3.70. The zero-order valence-corrected chi connectivity index (χ0v) is 14.4. The lowest BCUT2D eigenvalue weighted by Gasteiger charge is -2.02. The number of hydrogen-bond acceptors (Lipinski definition) is 2. The molecular weight excluding hydrogens is 330 g/mol. The number of hydrogen-bond donors (Lipinski definition) is 1. The lowest BCUT2D eigenvalue weighted by molar-refractivity contribution is 0.715. The Labute approximate surface area is 133 Å². The van der Waals surface area contributed by atoms with Crippen LogP contribution in [0.2, 0.25) is 0 Å². The summed E-state index contributed by atoms with van der Waals surface area (Å²) in [5, 5.41) is 3.43. The summed E-state index contributed by atoms with van der Waals surface area (Å²) < 4.78 is 1.15. The number of halogens is 1. The molecule has 2 aromatic rings. The number of nitrogens with one attached hydrogen (secondary N) is 1. The van der Waals surface area contributed by atoms with Crippen molar-refractivity contribution in [2.45, 2.75) is 20.3 Å². The van der Waals surface area contributed by atoms with E-state index in [0.29, 0.717) is 0 Å². The van der Waals surface area contributed by atoms with Crippen molar-refractivity contribution in [3.63, 3.8) is 0 Å². The first kappa shape index (κ1) is 15.5. The first-order chi connectivity index (χ1) is 9.70. The van der Waals surface area contributed by atoms with Gasteiger partial charge < -0.3 is 5.32 Å². The van der Waals surface area contributed by atoms with Crippen LogP contribution in [-0.4, -0.2) is 13.1 Å². The number of thiophene rings is 1. The van der Waals surface area contributed by atoms with E-state index in [1.54, 1.807) is 0 Å². The highest BCUT2D eigenvalue weighted by Crippen LogP contribution is 2.34. The quantitative estimate of drug-likeness (QED) is 0.671. The molecule has 1 N–H and O–H groups in total. The van der Waals surface area contributed by atoms with Gasteiger partial charge in [0.1, 0.15) is 0 Å². The minimum atomic E-state index is 0.968. The lowest BCUT2D eigenvalue weighted by atomic mass is 10.2. The van der Waals surface area contributed by atoms with Crippen molar-refractivity contribution in [2.24, 2.45) is 0 Å². The van der Waals surface area contributed by atoms with E-state index in [1.807, 2.05) is 17.4 Å². The minimum absolute atomic E-state index is 0.968. The molecule has 3 heteroatoms. The van der Waals surface area contributed by atoms with E-state index in [1.165, 1.54) is 27.3 Å². The second-order valence-electron chi connectivity index (χ2n) is 4.85. The van der Waals surface area contributed by atoms with Crippen LogP contribution < -0.4 is 5.32 Å². The molecule has 0 fully saturated rings. The van der Waals surface area contributed by atoms with Gasteiger partial charge in [-0.3, -0.25) is 0 Å². The Bertz CT molecular complexity index is 586. The maximum Gasteiger partial charge on any atom is 0.0360 e. The summed E-state index contributed by atoms with van der Waals surface area (Å²) in [5.74, 6) is 0. The van der Waals surface area contributed by atoms with Gasteiger partial charge >= 0.3 is 0 Å². The Kier molecular flexibility index (Phi) is 6.02. The second-order valence-corrected chi connectivity index (χ2v) is 6.82. The van der Waals surface area contributed by atoms with E-state index in [0.717, 1.165) is 17.6 Å². The van der Waals surface area contributed by atoms with Gasteiger partial charge in [-0.25, -0.2) is 0 Å². The van der Waals surface area contributed by atoms with Crippen molar-refractivity contribution in [3.05, 3.63) is 51.3 Å². The SMILES string of the molecule is CCCNCC(C)=Cc1ccc(-c2ccccc2Br)s1. The summed E-state index contributed by atoms with van der Waals surface area (Å²) in [5.41, 5.74) is 2.64. The molecule has 1 aromatic heterocycles. The largest absolute Gasteiger partial charge is 0.313 e. The molecule has 0 aliphatic heterocycles. The molecule has 106 valence electrons. The Morgan fingerprint density at radius 3 is 2.80 bits per heavy atom. The molecule has 0 atom stereocenters. The van der Waals surface area contributed by atoms with Crippen LogP contribution in [-0.2, 0) is 0 Å². The average Bonchev–Trinajstić information content (AvgIpc) is 2.88. The smallest absolute Gasteiger partial charge is 0.0360 e. The van der Waals surface area contributed by atoms with Gasteiger partial charge in [0.2, 0.25) is 0 Å². The van der Waals surface area contributed by atoms with Crippen LogP contribution in [0.4, 0.5) is 0 Å². The third kappa shape index (κ3) is 4.30. The molecule has 0 aliphatic carbocycles. The van der Waals surface area contributed by atoms with Crippen molar-refractivity contribution in [2.75, 3.05) is 13.1 Å². The van der Waals surface area contributed by atoms with Crippen LogP contribution >= 0.6 is 27.3 Å². The highest BCUT2D eigenvalue weighted by molar-refractivity contribution is 9.10. The fraction of sp³-hybridized carbons (Fsp3) is 0.294. The minimum Gasteiger partial charge on any atom is -0.313 e. The van der Waals surface area contributed by atoms with Gasteiger partial charge in [-0.1, -0.05) is 46.6 Å². The molecule has 1 aromatic carbocycles. The van der Waals surface area contributed by atoms with Gasteiger partial charge in [0.05, 0.1) is 0 Å². The Balaban J connectivity index is 2.09. The summed E-state index contributed by atoms with van der Waals surface area (Å²) in [6.45, 7) is 6.42. The predicted octanol–water partition coefficient (Wildman–Crippen LogP) is 5.58. The number of benzene rings is 1. The third-order valence-corrected chi connectivity index (χ3v) is 4.74. The monoisotopic (exact) mass is 349 g/mol. The Morgan fingerprint density at radius 2 is 2.05 bits per heavy atom. The van der Waals surface area contributed by atoms with Gasteiger partial charge in [-0.15, -0.1) is 11.3 Å². The van der Waals surface area contributed by atoms with Crippen LogP contribution in [0.15, 0.2) is 46.4 Å². The third-order valence-electron chi connectivity index (χ3n) is 2.99. The molecule has 0 spiro atoms. The maximum absolute atomic E-state index is 3.62. The number of rotatable bonds is 6. The zero-order chi connectivity index (χ0) is 14.4. The first-order valence-corrected chi connectivity index (χ1v) is 8.54.